The molecular formula is C14H35NO4Si2. The number of nitrogens with one attached hydrogen (secondary N) is 1. The molecule has 0 aliphatic rings. The van der Waals surface area contributed by atoms with Gasteiger partial charge in [0.25, 0.3) is 0 Å². The van der Waals surface area contributed by atoms with Gasteiger partial charge in [0, 0.05) is 28.4 Å². The zero-order chi connectivity index (χ0) is 15.8. The van der Waals surface area contributed by atoms with Gasteiger partial charge in [0.2, 0.25) is 0 Å². The molecule has 0 bridgehead atoms. The van der Waals surface area contributed by atoms with Crippen molar-refractivity contribution in [3.05, 3.63) is 0 Å². The summed E-state index contributed by atoms with van der Waals surface area (Å²) in [4.78, 5) is 0. The highest BCUT2D eigenvalue weighted by Crippen LogP contribution is 2.01. The Morgan fingerprint density at radius 2 is 1.05 bits per heavy atom. The Morgan fingerprint density at radius 3 is 1.38 bits per heavy atom. The second-order valence-corrected chi connectivity index (χ2v) is 9.15. The number of hydrogen-bond acceptors (Lipinski definition) is 5. The summed E-state index contributed by atoms with van der Waals surface area (Å²) in [6.45, 7) is 2.27. The first-order valence-electron chi connectivity index (χ1n) is 8.10. The molecule has 7 heteroatoms. The molecule has 0 aromatic heterocycles. The van der Waals surface area contributed by atoms with Crippen LogP contribution in [-0.2, 0) is 18.9 Å². The molecule has 5 nitrogen and oxygen atoms in total. The minimum atomic E-state index is -0.230. The van der Waals surface area contributed by atoms with E-state index in [1.54, 1.807) is 28.4 Å². The van der Waals surface area contributed by atoms with Crippen molar-refractivity contribution in [1.82, 2.24) is 5.32 Å². The van der Waals surface area contributed by atoms with E-state index in [0.717, 1.165) is 13.1 Å². The van der Waals surface area contributed by atoms with Gasteiger partial charge >= 0.3 is 0 Å². The summed E-state index contributed by atoms with van der Waals surface area (Å²) >= 11 is 0. The fourth-order valence-corrected chi connectivity index (χ4v) is 5.16. The quantitative estimate of drug-likeness (QED) is 0.252. The van der Waals surface area contributed by atoms with Gasteiger partial charge in [-0.05, 0) is 25.9 Å². The first-order chi connectivity index (χ1) is 10.3. The average molecular weight is 338 g/mol. The zero-order valence-electron chi connectivity index (χ0n) is 14.4. The third-order valence-corrected chi connectivity index (χ3v) is 7.73. The van der Waals surface area contributed by atoms with E-state index in [9.17, 15) is 0 Å². The van der Waals surface area contributed by atoms with Crippen LogP contribution in [0.4, 0.5) is 0 Å². The maximum Gasteiger partial charge on any atom is 0.134 e. The van der Waals surface area contributed by atoms with E-state index in [1.807, 2.05) is 0 Å². The fourth-order valence-electron chi connectivity index (χ4n) is 2.26. The molecule has 128 valence electrons. The van der Waals surface area contributed by atoms with Gasteiger partial charge in [-0.3, -0.25) is 0 Å². The Kier molecular flexibility index (Phi) is 16.8. The molecule has 1 N–H and O–H groups in total. The largest absolute Gasteiger partial charge is 0.360 e. The summed E-state index contributed by atoms with van der Waals surface area (Å²) in [6, 6.07) is 2.60. The molecule has 0 radical (unpaired) electrons. The highest BCUT2D eigenvalue weighted by Gasteiger charge is 2.05. The van der Waals surface area contributed by atoms with Crippen LogP contribution in [0.1, 0.15) is 25.7 Å². The monoisotopic (exact) mass is 337 g/mol. The van der Waals surface area contributed by atoms with Crippen LogP contribution in [0.15, 0.2) is 0 Å². The minimum Gasteiger partial charge on any atom is -0.360 e. The van der Waals surface area contributed by atoms with Gasteiger partial charge < -0.3 is 24.3 Å². The first kappa shape index (κ1) is 21.2. The van der Waals surface area contributed by atoms with Crippen LogP contribution >= 0.6 is 0 Å². The highest BCUT2D eigenvalue weighted by atomic mass is 28.2. The van der Waals surface area contributed by atoms with Crippen molar-refractivity contribution in [1.29, 1.82) is 0 Å². The molecule has 0 aromatic rings. The van der Waals surface area contributed by atoms with Crippen LogP contribution in [0.2, 0.25) is 12.1 Å². The fraction of sp³-hybridized carbons (Fsp3) is 1.00. The number of hydrogen-bond donors (Lipinski definition) is 1. The summed E-state index contributed by atoms with van der Waals surface area (Å²) in [6.07, 6.45) is 5.10. The lowest BCUT2D eigenvalue weighted by Crippen LogP contribution is -2.22. The van der Waals surface area contributed by atoms with Crippen molar-refractivity contribution in [2.24, 2.45) is 0 Å². The third kappa shape index (κ3) is 13.6. The Labute approximate surface area is 135 Å². The average Bonchev–Trinajstić information content (AvgIpc) is 2.52. The maximum absolute atomic E-state index is 5.22. The predicted molar refractivity (Wildman–Crippen MR) is 93.7 cm³/mol. The molecule has 0 unspecified atom stereocenters. The zero-order valence-corrected chi connectivity index (χ0v) is 17.2. The highest BCUT2D eigenvalue weighted by molar-refractivity contribution is 6.36. The molecule has 0 spiro atoms. The second kappa shape index (κ2) is 16.6. The van der Waals surface area contributed by atoms with Gasteiger partial charge in [-0.1, -0.05) is 24.9 Å². The maximum atomic E-state index is 5.22. The van der Waals surface area contributed by atoms with Gasteiger partial charge in [-0.25, -0.2) is 0 Å². The summed E-state index contributed by atoms with van der Waals surface area (Å²) in [5.74, 6) is 0.204. The first-order valence-corrected chi connectivity index (χ1v) is 11.7. The van der Waals surface area contributed by atoms with Crippen LogP contribution in [-0.4, -0.2) is 72.4 Å². The van der Waals surface area contributed by atoms with Crippen molar-refractivity contribution in [3.63, 3.8) is 0 Å². The van der Waals surface area contributed by atoms with Crippen molar-refractivity contribution in [3.8, 4) is 0 Å². The van der Waals surface area contributed by atoms with Crippen LogP contribution in [0, 0.1) is 0 Å². The van der Waals surface area contributed by atoms with E-state index in [4.69, 9.17) is 18.9 Å². The van der Waals surface area contributed by atoms with Crippen molar-refractivity contribution in [2.45, 2.75) is 49.6 Å². The van der Waals surface area contributed by atoms with Gasteiger partial charge in [0.1, 0.15) is 11.8 Å². The van der Waals surface area contributed by atoms with Crippen LogP contribution in [0.3, 0.4) is 0 Å². The predicted octanol–water partition coefficient (Wildman–Crippen LogP) is 0.463. The molecule has 0 aliphatic heterocycles. The van der Waals surface area contributed by atoms with E-state index in [0.29, 0.717) is 0 Å². The number of rotatable bonds is 16. The molecule has 0 saturated heterocycles. The van der Waals surface area contributed by atoms with Crippen molar-refractivity contribution in [2.75, 3.05) is 41.5 Å². The molecule has 0 aliphatic carbocycles. The molecule has 0 fully saturated rings. The van der Waals surface area contributed by atoms with Crippen molar-refractivity contribution >= 4 is 19.0 Å². The number of ether oxygens (including phenoxy) is 4. The SMILES string of the molecule is COC(OC)[SiH2]CCCCNCCCC[SiH2]C(OC)OC. The Bertz CT molecular complexity index is 185. The normalized spacial score (nSPS) is 12.9. The molecular weight excluding hydrogens is 302 g/mol. The Morgan fingerprint density at radius 1 is 0.667 bits per heavy atom. The van der Waals surface area contributed by atoms with Crippen LogP contribution in [0.25, 0.3) is 0 Å². The summed E-state index contributed by atoms with van der Waals surface area (Å²) in [7, 11) is 6.46. The van der Waals surface area contributed by atoms with Crippen LogP contribution in [0.5, 0.6) is 0 Å². The van der Waals surface area contributed by atoms with Crippen molar-refractivity contribution < 1.29 is 18.9 Å². The lowest BCUT2D eigenvalue weighted by molar-refractivity contribution is -0.0442. The topological polar surface area (TPSA) is 49.0 Å². The summed E-state index contributed by atoms with van der Waals surface area (Å²) in [5, 5.41) is 3.52. The summed E-state index contributed by atoms with van der Waals surface area (Å²) in [5.41, 5.74) is 0. The molecule has 0 atom stereocenters. The second-order valence-electron chi connectivity index (χ2n) is 5.25. The van der Waals surface area contributed by atoms with Gasteiger partial charge in [-0.15, -0.1) is 0 Å². The Balaban J connectivity index is 3.15. The standard InChI is InChI=1S/C14H35NO4Si2/c1-16-13(17-2)20-11-7-5-9-15-10-6-8-12-21-14(18-3)19-4/h13-15H,5-12,20-21H2,1-4H3. The smallest absolute Gasteiger partial charge is 0.134 e. The molecule has 0 rings (SSSR count). The number of methoxy groups -OCH3 is 4. The lowest BCUT2D eigenvalue weighted by atomic mass is 10.3. The van der Waals surface area contributed by atoms with Gasteiger partial charge in [-0.2, -0.15) is 0 Å². The molecule has 0 amide bonds. The number of unbranched alkanes of at least 4 members (excludes halogenated alkanes) is 2. The van der Waals surface area contributed by atoms with Crippen LogP contribution < -0.4 is 5.32 Å². The van der Waals surface area contributed by atoms with Gasteiger partial charge in [0.15, 0.2) is 0 Å². The Hall–Kier alpha value is 0.234. The van der Waals surface area contributed by atoms with E-state index >= 15 is 0 Å². The molecule has 21 heavy (non-hydrogen) atoms. The molecule has 0 saturated carbocycles. The summed E-state index contributed by atoms with van der Waals surface area (Å²) < 4.78 is 20.9. The lowest BCUT2D eigenvalue weighted by Gasteiger charge is -2.12. The van der Waals surface area contributed by atoms with E-state index in [-0.39, 0.29) is 30.9 Å². The van der Waals surface area contributed by atoms with E-state index in [1.165, 1.54) is 37.8 Å². The van der Waals surface area contributed by atoms with Gasteiger partial charge in [0.05, 0.1) is 19.0 Å². The van der Waals surface area contributed by atoms with E-state index < -0.39 is 0 Å². The third-order valence-electron chi connectivity index (χ3n) is 3.64. The molecule has 0 aromatic carbocycles. The van der Waals surface area contributed by atoms with E-state index in [2.05, 4.69) is 5.32 Å². The molecule has 0 heterocycles. The minimum absolute atomic E-state index is 0.102.